The second kappa shape index (κ2) is 5.62. The molecule has 0 aliphatic carbocycles. The van der Waals surface area contributed by atoms with Crippen LogP contribution in [0.3, 0.4) is 0 Å². The first-order valence-electron chi connectivity index (χ1n) is 6.24. The van der Waals surface area contributed by atoms with Crippen molar-refractivity contribution in [1.82, 2.24) is 4.98 Å². The first kappa shape index (κ1) is 14.5. The number of fused-ring (bicyclic) bond motifs is 1. The summed E-state index contributed by atoms with van der Waals surface area (Å²) in [6, 6.07) is 4.46. The van der Waals surface area contributed by atoms with Crippen molar-refractivity contribution in [2.75, 3.05) is 12.4 Å². The topological polar surface area (TPSA) is 86.5 Å². The van der Waals surface area contributed by atoms with Gasteiger partial charge in [-0.2, -0.15) is 0 Å². The minimum absolute atomic E-state index is 0.0199. The molecule has 0 amide bonds. The molecule has 6 nitrogen and oxygen atoms in total. The van der Waals surface area contributed by atoms with Gasteiger partial charge in [-0.25, -0.2) is 13.4 Å². The Morgan fingerprint density at radius 3 is 2.75 bits per heavy atom. The fraction of sp³-hybridized carbons (Fsp3) is 0.385. The number of aromatic nitrogens is 1. The van der Waals surface area contributed by atoms with E-state index in [1.165, 1.54) is 12.1 Å². The summed E-state index contributed by atoms with van der Waals surface area (Å²) >= 11 is 0. The number of hydrogen-bond acceptors (Lipinski definition) is 6. The molecule has 2 rings (SSSR count). The third kappa shape index (κ3) is 2.98. The summed E-state index contributed by atoms with van der Waals surface area (Å²) in [5.74, 6) is -0.198. The van der Waals surface area contributed by atoms with Gasteiger partial charge in [-0.1, -0.05) is 6.92 Å². The number of oxazole rings is 1. The summed E-state index contributed by atoms with van der Waals surface area (Å²) in [5, 5.41) is 0. The summed E-state index contributed by atoms with van der Waals surface area (Å²) < 4.78 is 33.7. The molecule has 1 aromatic carbocycles. The van der Waals surface area contributed by atoms with Gasteiger partial charge in [0.05, 0.1) is 17.3 Å². The number of hydrogen-bond donors (Lipinski definition) is 0. The Kier molecular flexibility index (Phi) is 4.08. The highest BCUT2D eigenvalue weighted by atomic mass is 32.2. The van der Waals surface area contributed by atoms with Gasteiger partial charge < -0.3 is 9.15 Å². The van der Waals surface area contributed by atoms with Crippen molar-refractivity contribution in [2.24, 2.45) is 0 Å². The molecule has 0 N–H and O–H groups in total. The van der Waals surface area contributed by atoms with E-state index in [2.05, 4.69) is 4.98 Å². The van der Waals surface area contributed by atoms with Crippen molar-refractivity contribution in [3.05, 3.63) is 24.1 Å². The first-order valence-corrected chi connectivity index (χ1v) is 7.89. The second-order valence-electron chi connectivity index (χ2n) is 4.12. The molecule has 0 saturated heterocycles. The molecule has 0 atom stereocenters. The molecule has 0 bridgehead atoms. The minimum atomic E-state index is -3.29. The van der Waals surface area contributed by atoms with E-state index in [0.717, 1.165) is 0 Å². The zero-order valence-corrected chi connectivity index (χ0v) is 12.1. The number of benzene rings is 1. The SMILES string of the molecule is CCOC(=O)Cc1nc2cc(S(=O)(=O)CC)ccc2o1. The molecule has 0 unspecified atom stereocenters. The Balaban J connectivity index is 2.33. The highest BCUT2D eigenvalue weighted by molar-refractivity contribution is 7.91. The third-order valence-electron chi connectivity index (χ3n) is 2.74. The van der Waals surface area contributed by atoms with Gasteiger partial charge in [-0.15, -0.1) is 0 Å². The number of rotatable bonds is 5. The maximum absolute atomic E-state index is 11.8. The van der Waals surface area contributed by atoms with Gasteiger partial charge in [0.1, 0.15) is 11.9 Å². The normalized spacial score (nSPS) is 11.7. The Labute approximate surface area is 116 Å². The minimum Gasteiger partial charge on any atom is -0.466 e. The van der Waals surface area contributed by atoms with Crippen LogP contribution in [0.1, 0.15) is 19.7 Å². The summed E-state index contributed by atoms with van der Waals surface area (Å²) in [6.45, 7) is 3.58. The first-order chi connectivity index (χ1) is 9.46. The van der Waals surface area contributed by atoms with Gasteiger partial charge in [0.15, 0.2) is 15.4 Å². The number of sulfone groups is 1. The lowest BCUT2D eigenvalue weighted by Crippen LogP contribution is -2.07. The smallest absolute Gasteiger partial charge is 0.315 e. The predicted octanol–water partition coefficient (Wildman–Crippen LogP) is 1.73. The quantitative estimate of drug-likeness (QED) is 0.781. The van der Waals surface area contributed by atoms with Crippen molar-refractivity contribution in [3.63, 3.8) is 0 Å². The van der Waals surface area contributed by atoms with Crippen molar-refractivity contribution in [2.45, 2.75) is 25.2 Å². The number of carbonyl (C=O) groups is 1. The highest BCUT2D eigenvalue weighted by Gasteiger charge is 2.16. The zero-order valence-electron chi connectivity index (χ0n) is 11.3. The van der Waals surface area contributed by atoms with Crippen LogP contribution in [0.5, 0.6) is 0 Å². The van der Waals surface area contributed by atoms with Crippen molar-refractivity contribution < 1.29 is 22.4 Å². The standard InChI is InChI=1S/C13H15NO5S/c1-3-18-13(15)8-12-14-10-7-9(20(16,17)4-2)5-6-11(10)19-12/h5-7H,3-4,8H2,1-2H3. The molecule has 0 radical (unpaired) electrons. The van der Waals surface area contributed by atoms with Gasteiger partial charge >= 0.3 is 5.97 Å². The van der Waals surface area contributed by atoms with Crippen LogP contribution in [0.25, 0.3) is 11.1 Å². The third-order valence-corrected chi connectivity index (χ3v) is 4.48. The highest BCUT2D eigenvalue weighted by Crippen LogP contribution is 2.21. The van der Waals surface area contributed by atoms with Crippen LogP contribution in [-0.4, -0.2) is 31.7 Å². The van der Waals surface area contributed by atoms with Crippen LogP contribution < -0.4 is 0 Å². The molecule has 2 aromatic rings. The van der Waals surface area contributed by atoms with Crippen LogP contribution in [0.2, 0.25) is 0 Å². The van der Waals surface area contributed by atoms with Crippen molar-refractivity contribution in [1.29, 1.82) is 0 Å². The Hall–Kier alpha value is -1.89. The summed E-state index contributed by atoms with van der Waals surface area (Å²) in [7, 11) is -3.29. The second-order valence-corrected chi connectivity index (χ2v) is 6.40. The lowest BCUT2D eigenvalue weighted by molar-refractivity contribution is -0.142. The number of esters is 1. The summed E-state index contributed by atoms with van der Waals surface area (Å²) in [5.41, 5.74) is 0.859. The lowest BCUT2D eigenvalue weighted by Gasteiger charge is -1.99. The van der Waals surface area contributed by atoms with E-state index >= 15 is 0 Å². The largest absolute Gasteiger partial charge is 0.466 e. The summed E-state index contributed by atoms with van der Waals surface area (Å²) in [4.78, 5) is 15.7. The average Bonchev–Trinajstić information content (AvgIpc) is 2.79. The Morgan fingerprint density at radius 1 is 1.35 bits per heavy atom. The van der Waals surface area contributed by atoms with E-state index in [1.54, 1.807) is 19.9 Å². The van der Waals surface area contributed by atoms with Gasteiger partial charge in [0, 0.05) is 0 Å². The van der Waals surface area contributed by atoms with E-state index in [4.69, 9.17) is 9.15 Å². The molecule has 7 heteroatoms. The zero-order chi connectivity index (χ0) is 14.8. The molecular formula is C13H15NO5S. The van der Waals surface area contributed by atoms with Gasteiger partial charge in [-0.05, 0) is 25.1 Å². The van der Waals surface area contributed by atoms with Gasteiger partial charge in [0.2, 0.25) is 5.89 Å². The van der Waals surface area contributed by atoms with E-state index in [1.807, 2.05) is 0 Å². The van der Waals surface area contributed by atoms with Crippen LogP contribution in [0, 0.1) is 0 Å². The van der Waals surface area contributed by atoms with Crippen LogP contribution in [-0.2, 0) is 25.8 Å². The van der Waals surface area contributed by atoms with Crippen molar-refractivity contribution in [3.8, 4) is 0 Å². The van der Waals surface area contributed by atoms with E-state index in [0.29, 0.717) is 11.1 Å². The lowest BCUT2D eigenvalue weighted by atomic mass is 10.3. The number of carbonyl (C=O) groups excluding carboxylic acids is 1. The van der Waals surface area contributed by atoms with Gasteiger partial charge in [0.25, 0.3) is 0 Å². The Bertz CT molecular complexity index is 732. The van der Waals surface area contributed by atoms with Crippen LogP contribution in [0.4, 0.5) is 0 Å². The fourth-order valence-corrected chi connectivity index (χ4v) is 2.63. The molecule has 1 aromatic heterocycles. The van der Waals surface area contributed by atoms with E-state index < -0.39 is 15.8 Å². The maximum Gasteiger partial charge on any atom is 0.315 e. The monoisotopic (exact) mass is 297 g/mol. The van der Waals surface area contributed by atoms with Crippen LogP contribution in [0.15, 0.2) is 27.5 Å². The maximum atomic E-state index is 11.8. The average molecular weight is 297 g/mol. The van der Waals surface area contributed by atoms with E-state index in [-0.39, 0.29) is 29.6 Å². The molecule has 0 spiro atoms. The molecule has 0 aliphatic heterocycles. The fourth-order valence-electron chi connectivity index (χ4n) is 1.73. The number of ether oxygens (including phenoxy) is 1. The van der Waals surface area contributed by atoms with Crippen LogP contribution >= 0.6 is 0 Å². The van der Waals surface area contributed by atoms with E-state index in [9.17, 15) is 13.2 Å². The molecular weight excluding hydrogens is 282 g/mol. The van der Waals surface area contributed by atoms with Gasteiger partial charge in [-0.3, -0.25) is 4.79 Å². The molecule has 1 heterocycles. The molecule has 0 fully saturated rings. The predicted molar refractivity (Wildman–Crippen MR) is 72.1 cm³/mol. The number of nitrogens with zero attached hydrogens (tertiary/aromatic N) is 1. The Morgan fingerprint density at radius 2 is 2.10 bits per heavy atom. The van der Waals surface area contributed by atoms with Crippen molar-refractivity contribution >= 4 is 26.9 Å². The molecule has 0 saturated carbocycles. The molecule has 20 heavy (non-hydrogen) atoms. The molecule has 108 valence electrons. The summed E-state index contributed by atoms with van der Waals surface area (Å²) in [6.07, 6.45) is -0.0711. The molecule has 0 aliphatic rings.